The van der Waals surface area contributed by atoms with Crippen LogP contribution in [0.5, 0.6) is 0 Å². The fourth-order valence-electron chi connectivity index (χ4n) is 2.48. The van der Waals surface area contributed by atoms with E-state index in [9.17, 15) is 4.79 Å². The van der Waals surface area contributed by atoms with Crippen LogP contribution in [0.1, 0.15) is 25.5 Å². The fraction of sp³-hybridized carbons (Fsp3) is 0.714. The maximum atomic E-state index is 12.7. The molecule has 1 amide bonds. The number of nitrogens with zero attached hydrogens (tertiary/aromatic N) is 3. The van der Waals surface area contributed by atoms with E-state index in [1.54, 1.807) is 10.9 Å². The number of aromatic nitrogens is 2. The van der Waals surface area contributed by atoms with Crippen molar-refractivity contribution in [2.75, 3.05) is 25.9 Å². The summed E-state index contributed by atoms with van der Waals surface area (Å²) in [6, 6.07) is -0.292. The predicted molar refractivity (Wildman–Crippen MR) is 89.9 cm³/mol. The van der Waals surface area contributed by atoms with E-state index in [0.717, 1.165) is 24.4 Å². The predicted octanol–water partition coefficient (Wildman–Crippen LogP) is 1.70. The van der Waals surface area contributed by atoms with E-state index in [4.69, 9.17) is 0 Å². The van der Waals surface area contributed by atoms with Crippen molar-refractivity contribution in [1.29, 1.82) is 0 Å². The highest BCUT2D eigenvalue weighted by Gasteiger charge is 2.30. The lowest BCUT2D eigenvalue weighted by Gasteiger charge is -2.36. The zero-order valence-electron chi connectivity index (χ0n) is 13.1. The highest BCUT2D eigenvalue weighted by Crippen LogP contribution is 2.26. The molecule has 5 nitrogen and oxygen atoms in total. The molecule has 0 radical (unpaired) electrons. The third kappa shape index (κ3) is 4.37. The maximum absolute atomic E-state index is 12.7. The van der Waals surface area contributed by atoms with Crippen molar-refractivity contribution in [3.8, 4) is 0 Å². The molecular weight excluding hydrogens is 308 g/mol. The van der Waals surface area contributed by atoms with Gasteiger partial charge in [-0.15, -0.1) is 12.4 Å². The van der Waals surface area contributed by atoms with Gasteiger partial charge in [0.1, 0.15) is 6.04 Å². The number of halogens is 1. The molecule has 1 aromatic rings. The van der Waals surface area contributed by atoms with E-state index in [0.29, 0.717) is 11.2 Å². The molecule has 0 saturated carbocycles. The van der Waals surface area contributed by atoms with Crippen LogP contribution in [0.2, 0.25) is 0 Å². The standard InChI is InChI=1S/C14H24N4OS.ClH/c1-10(2)12-9-18(5-6-20-12)14(19)13(15-3)11-7-16-17(4)8-11;/h7-8,10,12-13,15H,5-6,9H2,1-4H3;1H. The maximum Gasteiger partial charge on any atom is 0.244 e. The van der Waals surface area contributed by atoms with Crippen LogP contribution in [-0.4, -0.2) is 51.7 Å². The van der Waals surface area contributed by atoms with Gasteiger partial charge >= 0.3 is 0 Å². The number of amides is 1. The zero-order chi connectivity index (χ0) is 14.7. The summed E-state index contributed by atoms with van der Waals surface area (Å²) in [6.45, 7) is 6.13. The van der Waals surface area contributed by atoms with Gasteiger partial charge in [0.05, 0.1) is 6.20 Å². The summed E-state index contributed by atoms with van der Waals surface area (Å²) in [5.41, 5.74) is 0.930. The molecule has 1 fully saturated rings. The highest BCUT2D eigenvalue weighted by atomic mass is 35.5. The third-order valence-electron chi connectivity index (χ3n) is 3.74. The summed E-state index contributed by atoms with van der Waals surface area (Å²) in [6.07, 6.45) is 3.66. The number of rotatable bonds is 4. The SMILES string of the molecule is CNC(C(=O)N1CCSC(C(C)C)C1)c1cnn(C)c1.Cl. The summed E-state index contributed by atoms with van der Waals surface area (Å²) >= 11 is 1.98. The van der Waals surface area contributed by atoms with Gasteiger partial charge in [-0.3, -0.25) is 9.48 Å². The summed E-state index contributed by atoms with van der Waals surface area (Å²) in [4.78, 5) is 14.7. The van der Waals surface area contributed by atoms with Crippen molar-refractivity contribution >= 4 is 30.1 Å². The minimum atomic E-state index is -0.292. The molecule has 2 heterocycles. The molecule has 0 spiro atoms. The molecule has 1 aliphatic rings. The molecule has 1 N–H and O–H groups in total. The molecule has 0 aliphatic carbocycles. The molecule has 21 heavy (non-hydrogen) atoms. The van der Waals surface area contributed by atoms with Crippen LogP contribution in [0, 0.1) is 5.92 Å². The molecule has 1 saturated heterocycles. The van der Waals surface area contributed by atoms with Gasteiger partial charge in [0.25, 0.3) is 0 Å². The molecule has 7 heteroatoms. The first-order valence-corrected chi connectivity index (χ1v) is 8.14. The van der Waals surface area contributed by atoms with Crippen LogP contribution in [0.4, 0.5) is 0 Å². The van der Waals surface area contributed by atoms with Crippen molar-refractivity contribution in [2.45, 2.75) is 25.1 Å². The van der Waals surface area contributed by atoms with Crippen molar-refractivity contribution in [3.05, 3.63) is 18.0 Å². The number of nitrogens with one attached hydrogen (secondary N) is 1. The van der Waals surface area contributed by atoms with E-state index in [1.165, 1.54) is 0 Å². The second-order valence-electron chi connectivity index (χ2n) is 5.61. The average Bonchev–Trinajstić information content (AvgIpc) is 2.86. The molecule has 120 valence electrons. The first-order valence-electron chi connectivity index (χ1n) is 7.09. The smallest absolute Gasteiger partial charge is 0.244 e. The fourth-order valence-corrected chi connectivity index (χ4v) is 3.78. The largest absolute Gasteiger partial charge is 0.339 e. The quantitative estimate of drug-likeness (QED) is 0.912. The van der Waals surface area contributed by atoms with E-state index < -0.39 is 0 Å². The summed E-state index contributed by atoms with van der Waals surface area (Å²) in [7, 11) is 3.70. The lowest BCUT2D eigenvalue weighted by atomic mass is 10.1. The molecule has 0 bridgehead atoms. The van der Waals surface area contributed by atoms with Crippen molar-refractivity contribution in [2.24, 2.45) is 13.0 Å². The van der Waals surface area contributed by atoms with Gasteiger partial charge < -0.3 is 10.2 Å². The Bertz CT molecular complexity index is 466. The molecule has 2 unspecified atom stereocenters. The first-order chi connectivity index (χ1) is 9.52. The summed E-state index contributed by atoms with van der Waals surface area (Å²) in [5.74, 6) is 1.78. The lowest BCUT2D eigenvalue weighted by Crippen LogP contribution is -2.47. The number of thioether (sulfide) groups is 1. The van der Waals surface area contributed by atoms with E-state index >= 15 is 0 Å². The van der Waals surface area contributed by atoms with Gasteiger partial charge in [0, 0.05) is 42.9 Å². The Morgan fingerprint density at radius 2 is 2.24 bits per heavy atom. The molecule has 1 aliphatic heterocycles. The first kappa shape index (κ1) is 18.3. The molecule has 0 aromatic carbocycles. The van der Waals surface area contributed by atoms with Crippen molar-refractivity contribution in [1.82, 2.24) is 20.0 Å². The van der Waals surface area contributed by atoms with Crippen LogP contribution in [-0.2, 0) is 11.8 Å². The monoisotopic (exact) mass is 332 g/mol. The number of hydrogen-bond acceptors (Lipinski definition) is 4. The molecule has 2 atom stereocenters. The van der Waals surface area contributed by atoms with Gasteiger partial charge in [-0.05, 0) is 13.0 Å². The van der Waals surface area contributed by atoms with Crippen molar-refractivity contribution in [3.63, 3.8) is 0 Å². The number of aryl methyl sites for hydroxylation is 1. The Labute approximate surface area is 137 Å². The summed E-state index contributed by atoms with van der Waals surface area (Å²) in [5, 5.41) is 7.82. The van der Waals surface area contributed by atoms with Crippen LogP contribution in [0.25, 0.3) is 0 Å². The Morgan fingerprint density at radius 3 is 2.76 bits per heavy atom. The van der Waals surface area contributed by atoms with E-state index in [1.807, 2.05) is 37.0 Å². The molecular formula is C14H25ClN4OS. The Morgan fingerprint density at radius 1 is 1.52 bits per heavy atom. The van der Waals surface area contributed by atoms with E-state index in [2.05, 4.69) is 24.3 Å². The number of carbonyl (C=O) groups is 1. The van der Waals surface area contributed by atoms with Gasteiger partial charge in [-0.1, -0.05) is 13.8 Å². The minimum Gasteiger partial charge on any atom is -0.339 e. The Hall–Kier alpha value is -0.720. The van der Waals surface area contributed by atoms with Gasteiger partial charge in [-0.25, -0.2) is 0 Å². The minimum absolute atomic E-state index is 0. The zero-order valence-corrected chi connectivity index (χ0v) is 14.7. The van der Waals surface area contributed by atoms with Crippen LogP contribution >= 0.6 is 24.2 Å². The second kappa shape index (κ2) is 8.06. The Kier molecular flexibility index (Phi) is 7.03. The van der Waals surface area contributed by atoms with Crippen LogP contribution < -0.4 is 5.32 Å². The Balaban J connectivity index is 0.00000220. The van der Waals surface area contributed by atoms with Crippen LogP contribution in [0.3, 0.4) is 0 Å². The molecule has 2 rings (SSSR count). The average molecular weight is 333 g/mol. The topological polar surface area (TPSA) is 50.2 Å². The van der Waals surface area contributed by atoms with Gasteiger partial charge in [0.2, 0.25) is 5.91 Å². The number of hydrogen-bond donors (Lipinski definition) is 1. The normalized spacial score (nSPS) is 20.2. The third-order valence-corrected chi connectivity index (χ3v) is 5.28. The van der Waals surface area contributed by atoms with Gasteiger partial charge in [0.15, 0.2) is 0 Å². The van der Waals surface area contributed by atoms with Gasteiger partial charge in [-0.2, -0.15) is 16.9 Å². The molecule has 1 aromatic heterocycles. The van der Waals surface area contributed by atoms with Crippen molar-refractivity contribution < 1.29 is 4.79 Å². The second-order valence-corrected chi connectivity index (χ2v) is 6.95. The summed E-state index contributed by atoms with van der Waals surface area (Å²) < 4.78 is 1.73. The highest BCUT2D eigenvalue weighted by molar-refractivity contribution is 8.00. The number of likely N-dealkylation sites (N-methyl/N-ethyl adjacent to an activating group) is 1. The number of carbonyl (C=O) groups excluding carboxylic acids is 1. The lowest BCUT2D eigenvalue weighted by molar-refractivity contribution is -0.133. The van der Waals surface area contributed by atoms with Crippen LogP contribution in [0.15, 0.2) is 12.4 Å². The van der Waals surface area contributed by atoms with E-state index in [-0.39, 0.29) is 24.4 Å².